The number of benzene rings is 3. The molecule has 1 saturated carbocycles. The number of hydrogen-bond acceptors (Lipinski definition) is 4. The van der Waals surface area contributed by atoms with Crippen molar-refractivity contribution in [3.05, 3.63) is 102 Å². The summed E-state index contributed by atoms with van der Waals surface area (Å²) in [7, 11) is 0. The third-order valence-corrected chi connectivity index (χ3v) is 6.06. The average molecular weight is 418 g/mol. The van der Waals surface area contributed by atoms with E-state index in [1.54, 1.807) is 0 Å². The Morgan fingerprint density at radius 2 is 1.33 bits per heavy atom. The third-order valence-electron chi connectivity index (χ3n) is 4.81. The second-order valence-electron chi connectivity index (χ2n) is 7.23. The summed E-state index contributed by atoms with van der Waals surface area (Å²) in [4.78, 5) is 27.1. The standard InChI is InChI=1S/C25H23NO3S/c27-24(26-20-16-17-20)22(18-10-4-1-5-11-18)29-25(28)23(19-12-6-2-7-13-19)30-21-14-8-3-9-15-21/h1-15,20,22-23H,16-17H2,(H,26,27)/t22-,23-/m1/s1. The van der Waals surface area contributed by atoms with E-state index < -0.39 is 17.3 Å². The van der Waals surface area contributed by atoms with Crippen LogP contribution in [0, 0.1) is 0 Å². The minimum Gasteiger partial charge on any atom is -0.446 e. The molecule has 1 amide bonds. The third kappa shape index (κ3) is 5.30. The summed E-state index contributed by atoms with van der Waals surface area (Å²) in [5, 5.41) is 2.39. The molecule has 0 radical (unpaired) electrons. The molecule has 4 rings (SSSR count). The Balaban J connectivity index is 1.59. The summed E-state index contributed by atoms with van der Waals surface area (Å²) in [6.07, 6.45) is 0.969. The van der Waals surface area contributed by atoms with E-state index >= 15 is 0 Å². The Kier molecular flexibility index (Phi) is 6.50. The Hall–Kier alpha value is -3.05. The Morgan fingerprint density at radius 1 is 0.800 bits per heavy atom. The first-order chi connectivity index (χ1) is 14.7. The van der Waals surface area contributed by atoms with Crippen molar-refractivity contribution in [1.29, 1.82) is 0 Å². The highest BCUT2D eigenvalue weighted by molar-refractivity contribution is 8.00. The summed E-state index contributed by atoms with van der Waals surface area (Å²) >= 11 is 1.42. The molecule has 0 aliphatic heterocycles. The van der Waals surface area contributed by atoms with Gasteiger partial charge < -0.3 is 10.1 Å². The molecule has 3 aromatic rings. The van der Waals surface area contributed by atoms with Crippen LogP contribution in [-0.4, -0.2) is 17.9 Å². The number of ether oxygens (including phenoxy) is 1. The molecule has 3 aromatic carbocycles. The van der Waals surface area contributed by atoms with E-state index in [9.17, 15) is 9.59 Å². The average Bonchev–Trinajstić information content (AvgIpc) is 3.61. The normalized spacial score (nSPS) is 15.1. The zero-order valence-electron chi connectivity index (χ0n) is 16.4. The van der Waals surface area contributed by atoms with E-state index in [2.05, 4.69) is 5.32 Å². The minimum absolute atomic E-state index is 0.186. The van der Waals surface area contributed by atoms with Gasteiger partial charge in [-0.15, -0.1) is 11.8 Å². The molecular formula is C25H23NO3S. The van der Waals surface area contributed by atoms with Gasteiger partial charge in [-0.25, -0.2) is 0 Å². The van der Waals surface area contributed by atoms with Crippen molar-refractivity contribution in [3.8, 4) is 0 Å². The van der Waals surface area contributed by atoms with E-state index in [4.69, 9.17) is 4.74 Å². The molecule has 4 nitrogen and oxygen atoms in total. The molecule has 152 valence electrons. The van der Waals surface area contributed by atoms with Gasteiger partial charge >= 0.3 is 5.97 Å². The van der Waals surface area contributed by atoms with Crippen LogP contribution >= 0.6 is 11.8 Å². The Bertz CT molecular complexity index is 975. The summed E-state index contributed by atoms with van der Waals surface area (Å²) in [5.74, 6) is -0.705. The highest BCUT2D eigenvalue weighted by atomic mass is 32.2. The van der Waals surface area contributed by atoms with Gasteiger partial charge in [-0.05, 0) is 30.5 Å². The predicted molar refractivity (Wildman–Crippen MR) is 118 cm³/mol. The predicted octanol–water partition coefficient (Wildman–Crippen LogP) is 5.08. The molecule has 30 heavy (non-hydrogen) atoms. The van der Waals surface area contributed by atoms with Crippen LogP contribution in [-0.2, 0) is 14.3 Å². The summed E-state index contributed by atoms with van der Waals surface area (Å²) in [5.41, 5.74) is 1.51. The second-order valence-corrected chi connectivity index (χ2v) is 8.41. The van der Waals surface area contributed by atoms with Gasteiger partial charge in [0.15, 0.2) is 0 Å². The van der Waals surface area contributed by atoms with Crippen molar-refractivity contribution in [2.75, 3.05) is 0 Å². The molecule has 0 unspecified atom stereocenters. The molecule has 2 atom stereocenters. The van der Waals surface area contributed by atoms with E-state index in [1.165, 1.54) is 11.8 Å². The van der Waals surface area contributed by atoms with E-state index in [1.807, 2.05) is 91.0 Å². The summed E-state index contributed by atoms with van der Waals surface area (Å²) in [6.45, 7) is 0. The molecule has 1 aliphatic rings. The van der Waals surface area contributed by atoms with E-state index in [-0.39, 0.29) is 11.9 Å². The number of hydrogen-bond donors (Lipinski definition) is 1. The van der Waals surface area contributed by atoms with Crippen LogP contribution in [0.25, 0.3) is 0 Å². The van der Waals surface area contributed by atoms with Crippen LogP contribution < -0.4 is 5.32 Å². The lowest BCUT2D eigenvalue weighted by atomic mass is 10.1. The largest absolute Gasteiger partial charge is 0.446 e. The summed E-state index contributed by atoms with van der Waals surface area (Å²) in [6, 6.07) is 28.6. The smallest absolute Gasteiger partial charge is 0.325 e. The fourth-order valence-corrected chi connectivity index (χ4v) is 4.13. The van der Waals surface area contributed by atoms with Crippen LogP contribution in [0.3, 0.4) is 0 Å². The van der Waals surface area contributed by atoms with Crippen molar-refractivity contribution in [2.45, 2.75) is 35.1 Å². The molecule has 1 N–H and O–H groups in total. The number of carbonyl (C=O) groups excluding carboxylic acids is 2. The molecule has 0 aromatic heterocycles. The minimum atomic E-state index is -0.970. The molecule has 1 fully saturated rings. The van der Waals surface area contributed by atoms with Gasteiger partial charge in [-0.3, -0.25) is 9.59 Å². The van der Waals surface area contributed by atoms with E-state index in [0.717, 1.165) is 23.3 Å². The van der Waals surface area contributed by atoms with Gasteiger partial charge in [0.05, 0.1) is 0 Å². The first-order valence-corrected chi connectivity index (χ1v) is 10.9. The highest BCUT2D eigenvalue weighted by Gasteiger charge is 2.33. The maximum Gasteiger partial charge on any atom is 0.325 e. The monoisotopic (exact) mass is 417 g/mol. The van der Waals surface area contributed by atoms with Gasteiger partial charge in [0.25, 0.3) is 5.91 Å². The van der Waals surface area contributed by atoms with E-state index in [0.29, 0.717) is 5.56 Å². The fraction of sp³-hybridized carbons (Fsp3) is 0.200. The van der Waals surface area contributed by atoms with Crippen LogP contribution in [0.2, 0.25) is 0 Å². The van der Waals surface area contributed by atoms with Crippen molar-refractivity contribution in [1.82, 2.24) is 5.32 Å². The maximum atomic E-state index is 13.3. The van der Waals surface area contributed by atoms with Gasteiger partial charge in [-0.1, -0.05) is 78.9 Å². The fourth-order valence-electron chi connectivity index (χ4n) is 3.10. The number of amides is 1. The SMILES string of the molecule is O=C(NC1CC1)[C@H](OC(=O)[C@H](Sc1ccccc1)c1ccccc1)c1ccccc1. The maximum absolute atomic E-state index is 13.3. The quantitative estimate of drug-likeness (QED) is 0.410. The number of rotatable bonds is 8. The molecule has 0 saturated heterocycles. The highest BCUT2D eigenvalue weighted by Crippen LogP contribution is 2.37. The van der Waals surface area contributed by atoms with Gasteiger partial charge in [0, 0.05) is 16.5 Å². The zero-order valence-corrected chi connectivity index (χ0v) is 17.3. The Morgan fingerprint density at radius 3 is 1.90 bits per heavy atom. The lowest BCUT2D eigenvalue weighted by molar-refractivity contribution is -0.156. The lowest BCUT2D eigenvalue weighted by Crippen LogP contribution is -2.34. The first-order valence-electron chi connectivity index (χ1n) is 10.0. The van der Waals surface area contributed by atoms with Gasteiger partial charge in [-0.2, -0.15) is 0 Å². The zero-order chi connectivity index (χ0) is 20.8. The van der Waals surface area contributed by atoms with Gasteiger partial charge in [0.2, 0.25) is 6.10 Å². The Labute approximate surface area is 180 Å². The molecular weight excluding hydrogens is 394 g/mol. The van der Waals surface area contributed by atoms with Crippen molar-refractivity contribution in [3.63, 3.8) is 0 Å². The molecule has 1 aliphatic carbocycles. The van der Waals surface area contributed by atoms with Crippen molar-refractivity contribution < 1.29 is 14.3 Å². The topological polar surface area (TPSA) is 55.4 Å². The number of nitrogens with one attached hydrogen (secondary N) is 1. The number of carbonyl (C=O) groups is 2. The summed E-state index contributed by atoms with van der Waals surface area (Å²) < 4.78 is 5.84. The lowest BCUT2D eigenvalue weighted by Gasteiger charge is -2.22. The second kappa shape index (κ2) is 9.63. The van der Waals surface area contributed by atoms with Crippen LogP contribution in [0.15, 0.2) is 95.9 Å². The number of esters is 1. The molecule has 0 heterocycles. The first kappa shape index (κ1) is 20.2. The molecule has 5 heteroatoms. The number of thioether (sulfide) groups is 1. The van der Waals surface area contributed by atoms with Crippen molar-refractivity contribution >= 4 is 23.6 Å². The van der Waals surface area contributed by atoms with Crippen LogP contribution in [0.4, 0.5) is 0 Å². The van der Waals surface area contributed by atoms with Crippen LogP contribution in [0.1, 0.15) is 35.3 Å². The molecule has 0 spiro atoms. The molecule has 0 bridgehead atoms. The van der Waals surface area contributed by atoms with Crippen LogP contribution in [0.5, 0.6) is 0 Å². The van der Waals surface area contributed by atoms with Crippen molar-refractivity contribution in [2.24, 2.45) is 0 Å². The van der Waals surface area contributed by atoms with Gasteiger partial charge in [0.1, 0.15) is 5.25 Å².